The second-order valence-electron chi connectivity index (χ2n) is 5.85. The Labute approximate surface area is 121 Å². The Hall–Kier alpha value is -2.08. The molecule has 0 aliphatic carbocycles. The number of carbonyl (C=O) groups excluding carboxylic acids is 1. The summed E-state index contributed by atoms with van der Waals surface area (Å²) in [6.07, 6.45) is 1.59. The summed E-state index contributed by atoms with van der Waals surface area (Å²) in [6, 6.07) is 10.2. The number of amides is 1. The number of hydrogen-bond donors (Lipinski definition) is 1. The van der Waals surface area contributed by atoms with Crippen molar-refractivity contribution in [3.63, 3.8) is 0 Å². The molecule has 0 saturated carbocycles. The van der Waals surface area contributed by atoms with Crippen molar-refractivity contribution in [1.29, 1.82) is 5.26 Å². The van der Waals surface area contributed by atoms with Gasteiger partial charge in [-0.2, -0.15) is 5.26 Å². The molecule has 106 valence electrons. The van der Waals surface area contributed by atoms with Gasteiger partial charge in [0.05, 0.1) is 6.07 Å². The average Bonchev–Trinajstić information content (AvgIpc) is 2.36. The number of aryl methyl sites for hydroxylation is 1. The van der Waals surface area contributed by atoms with E-state index in [1.54, 1.807) is 19.9 Å². The molecule has 0 saturated heterocycles. The molecule has 1 amide bonds. The van der Waals surface area contributed by atoms with Gasteiger partial charge in [-0.15, -0.1) is 0 Å². The Morgan fingerprint density at radius 1 is 1.30 bits per heavy atom. The van der Waals surface area contributed by atoms with Crippen LogP contribution in [0, 0.1) is 24.2 Å². The lowest BCUT2D eigenvalue weighted by atomic mass is 9.94. The Balaban J connectivity index is 3.03. The zero-order valence-electron chi connectivity index (χ0n) is 12.8. The smallest absolute Gasteiger partial charge is 0.245 e. The third kappa shape index (κ3) is 4.55. The second kappa shape index (κ2) is 6.38. The minimum Gasteiger partial charge on any atom is -0.335 e. The van der Waals surface area contributed by atoms with Crippen LogP contribution in [0.1, 0.15) is 38.8 Å². The zero-order chi connectivity index (χ0) is 15.3. The van der Waals surface area contributed by atoms with Crippen LogP contribution in [0.4, 0.5) is 0 Å². The van der Waals surface area contributed by atoms with Crippen LogP contribution in [0.15, 0.2) is 30.3 Å². The SMILES string of the molecule is Cc1ccc(/C(=C/C(=O)NC(C)(C)C#N)C(C)C)cc1. The van der Waals surface area contributed by atoms with E-state index in [0.717, 1.165) is 11.1 Å². The van der Waals surface area contributed by atoms with Crippen LogP contribution in [-0.2, 0) is 4.79 Å². The highest BCUT2D eigenvalue weighted by atomic mass is 16.1. The number of nitriles is 1. The molecule has 0 aromatic heterocycles. The standard InChI is InChI=1S/C17H22N2O/c1-12(2)15(14-8-6-13(3)7-9-14)10-16(20)19-17(4,5)11-18/h6-10,12H,1-5H3,(H,19,20)/b15-10+. The van der Waals surface area contributed by atoms with Crippen LogP contribution in [0.5, 0.6) is 0 Å². The molecule has 0 unspecified atom stereocenters. The molecule has 1 aromatic rings. The Morgan fingerprint density at radius 3 is 2.30 bits per heavy atom. The molecule has 0 heterocycles. The first-order valence-corrected chi connectivity index (χ1v) is 6.77. The van der Waals surface area contributed by atoms with Crippen LogP contribution in [0.2, 0.25) is 0 Å². The first kappa shape index (κ1) is 16.0. The summed E-state index contributed by atoms with van der Waals surface area (Å²) in [5.41, 5.74) is 2.34. The molecule has 0 atom stereocenters. The lowest BCUT2D eigenvalue weighted by molar-refractivity contribution is -0.117. The van der Waals surface area contributed by atoms with Gasteiger partial charge < -0.3 is 5.32 Å². The van der Waals surface area contributed by atoms with Gasteiger partial charge in [0.2, 0.25) is 5.91 Å². The van der Waals surface area contributed by atoms with Gasteiger partial charge in [-0.05, 0) is 37.8 Å². The van der Waals surface area contributed by atoms with Gasteiger partial charge in [0.25, 0.3) is 0 Å². The largest absolute Gasteiger partial charge is 0.335 e. The zero-order valence-corrected chi connectivity index (χ0v) is 12.8. The van der Waals surface area contributed by atoms with Crippen molar-refractivity contribution in [3.8, 4) is 6.07 Å². The number of nitrogens with one attached hydrogen (secondary N) is 1. The predicted octanol–water partition coefficient (Wildman–Crippen LogP) is 3.45. The maximum absolute atomic E-state index is 12.0. The van der Waals surface area contributed by atoms with Gasteiger partial charge in [-0.3, -0.25) is 4.79 Å². The van der Waals surface area contributed by atoms with Crippen molar-refractivity contribution in [1.82, 2.24) is 5.32 Å². The number of carbonyl (C=O) groups is 1. The highest BCUT2D eigenvalue weighted by molar-refractivity contribution is 5.96. The molecular formula is C17H22N2O. The molecule has 0 aliphatic heterocycles. The molecule has 1 aromatic carbocycles. The molecule has 3 nitrogen and oxygen atoms in total. The van der Waals surface area contributed by atoms with Crippen molar-refractivity contribution in [2.45, 2.75) is 40.2 Å². The topological polar surface area (TPSA) is 52.9 Å². The molecule has 3 heteroatoms. The van der Waals surface area contributed by atoms with Crippen molar-refractivity contribution in [3.05, 3.63) is 41.5 Å². The minimum absolute atomic E-state index is 0.230. The normalized spacial score (nSPS) is 12.2. The highest BCUT2D eigenvalue weighted by Crippen LogP contribution is 2.23. The quantitative estimate of drug-likeness (QED) is 0.852. The maximum Gasteiger partial charge on any atom is 0.245 e. The fourth-order valence-corrected chi connectivity index (χ4v) is 1.84. The van der Waals surface area contributed by atoms with Crippen LogP contribution in [-0.4, -0.2) is 11.4 Å². The number of nitrogens with zero attached hydrogens (tertiary/aromatic N) is 1. The number of benzene rings is 1. The molecule has 1 rings (SSSR count). The van der Waals surface area contributed by atoms with Crippen LogP contribution < -0.4 is 5.32 Å². The van der Waals surface area contributed by atoms with E-state index >= 15 is 0 Å². The third-order valence-electron chi connectivity index (χ3n) is 3.01. The van der Waals surface area contributed by atoms with Crippen LogP contribution >= 0.6 is 0 Å². The number of hydrogen-bond acceptors (Lipinski definition) is 2. The van der Waals surface area contributed by atoms with Gasteiger partial charge in [-0.1, -0.05) is 43.7 Å². The van der Waals surface area contributed by atoms with E-state index in [9.17, 15) is 4.79 Å². The van der Waals surface area contributed by atoms with E-state index in [2.05, 4.69) is 25.2 Å². The van der Waals surface area contributed by atoms with E-state index in [1.807, 2.05) is 31.2 Å². The summed E-state index contributed by atoms with van der Waals surface area (Å²) in [5.74, 6) is -0.00511. The fourth-order valence-electron chi connectivity index (χ4n) is 1.84. The van der Waals surface area contributed by atoms with Gasteiger partial charge in [0.15, 0.2) is 0 Å². The monoisotopic (exact) mass is 270 g/mol. The van der Waals surface area contributed by atoms with Crippen molar-refractivity contribution >= 4 is 11.5 Å². The van der Waals surface area contributed by atoms with Crippen molar-refractivity contribution < 1.29 is 4.79 Å². The first-order valence-electron chi connectivity index (χ1n) is 6.77. The summed E-state index contributed by atoms with van der Waals surface area (Å²) in [7, 11) is 0. The van der Waals surface area contributed by atoms with Gasteiger partial charge in [0, 0.05) is 6.08 Å². The summed E-state index contributed by atoms with van der Waals surface area (Å²) in [6.45, 7) is 9.49. The average molecular weight is 270 g/mol. The van der Waals surface area contributed by atoms with E-state index in [4.69, 9.17) is 5.26 Å². The van der Waals surface area contributed by atoms with E-state index < -0.39 is 5.54 Å². The number of rotatable bonds is 4. The first-order chi connectivity index (χ1) is 9.25. The van der Waals surface area contributed by atoms with Gasteiger partial charge >= 0.3 is 0 Å². The van der Waals surface area contributed by atoms with Gasteiger partial charge in [-0.25, -0.2) is 0 Å². The molecule has 20 heavy (non-hydrogen) atoms. The van der Waals surface area contributed by atoms with Crippen molar-refractivity contribution in [2.75, 3.05) is 0 Å². The second-order valence-corrected chi connectivity index (χ2v) is 5.85. The summed E-state index contributed by atoms with van der Waals surface area (Å²) in [5, 5.41) is 11.6. The molecule has 0 aliphatic rings. The van der Waals surface area contributed by atoms with E-state index in [-0.39, 0.29) is 11.8 Å². The summed E-state index contributed by atoms with van der Waals surface area (Å²) < 4.78 is 0. The minimum atomic E-state index is -0.858. The third-order valence-corrected chi connectivity index (χ3v) is 3.01. The molecule has 0 spiro atoms. The van der Waals surface area contributed by atoms with Crippen molar-refractivity contribution in [2.24, 2.45) is 5.92 Å². The highest BCUT2D eigenvalue weighted by Gasteiger charge is 2.19. The Morgan fingerprint density at radius 2 is 1.85 bits per heavy atom. The molecular weight excluding hydrogens is 248 g/mol. The molecule has 1 N–H and O–H groups in total. The summed E-state index contributed by atoms with van der Waals surface area (Å²) in [4.78, 5) is 12.0. The molecule has 0 fully saturated rings. The molecule has 0 bridgehead atoms. The Kier molecular flexibility index (Phi) is 5.10. The summed E-state index contributed by atoms with van der Waals surface area (Å²) >= 11 is 0. The van der Waals surface area contributed by atoms with E-state index in [0.29, 0.717) is 0 Å². The Bertz CT molecular complexity index is 545. The number of allylic oxidation sites excluding steroid dienone is 1. The van der Waals surface area contributed by atoms with Gasteiger partial charge in [0.1, 0.15) is 5.54 Å². The molecule has 0 radical (unpaired) electrons. The fraction of sp³-hybridized carbons (Fsp3) is 0.412. The van der Waals surface area contributed by atoms with Crippen LogP contribution in [0.3, 0.4) is 0 Å². The lowest BCUT2D eigenvalue weighted by Crippen LogP contribution is -2.41. The van der Waals surface area contributed by atoms with E-state index in [1.165, 1.54) is 5.56 Å². The van der Waals surface area contributed by atoms with Crippen LogP contribution in [0.25, 0.3) is 5.57 Å². The maximum atomic E-state index is 12.0. The lowest BCUT2D eigenvalue weighted by Gasteiger charge is -2.18. The predicted molar refractivity (Wildman–Crippen MR) is 81.8 cm³/mol.